The molecule has 3 nitrogen and oxygen atoms in total. The maximum Gasteiger partial charge on any atom is 0.224 e. The van der Waals surface area contributed by atoms with Gasteiger partial charge in [0.2, 0.25) is 5.91 Å². The molecule has 4 heteroatoms. The molecule has 0 fully saturated rings. The molecule has 0 radical (unpaired) electrons. The Morgan fingerprint density at radius 1 is 1.31 bits per heavy atom. The maximum absolute atomic E-state index is 12.6. The Morgan fingerprint density at radius 2 is 1.88 bits per heavy atom. The summed E-state index contributed by atoms with van der Waals surface area (Å²) in [6.07, 6.45) is 0.151. The predicted molar refractivity (Wildman–Crippen MR) is 58.4 cm³/mol. The first-order valence-corrected chi connectivity index (χ1v) is 5.03. The zero-order valence-electron chi connectivity index (χ0n) is 9.29. The van der Waals surface area contributed by atoms with Crippen LogP contribution >= 0.6 is 0 Å². The van der Waals surface area contributed by atoms with Crippen LogP contribution in [0.2, 0.25) is 0 Å². The summed E-state index contributed by atoms with van der Waals surface area (Å²) in [7, 11) is 0. The van der Waals surface area contributed by atoms with E-state index >= 15 is 0 Å². The highest BCUT2D eigenvalue weighted by molar-refractivity contribution is 5.87. The third-order valence-corrected chi connectivity index (χ3v) is 2.27. The first-order valence-electron chi connectivity index (χ1n) is 5.03. The highest BCUT2D eigenvalue weighted by atomic mass is 19.1. The maximum atomic E-state index is 12.6. The van der Waals surface area contributed by atoms with E-state index in [0.29, 0.717) is 0 Å². The van der Waals surface area contributed by atoms with Crippen LogP contribution in [0.15, 0.2) is 24.3 Å². The lowest BCUT2D eigenvalue weighted by molar-refractivity contribution is -0.126. The molecule has 0 saturated carbocycles. The van der Waals surface area contributed by atoms with Crippen molar-refractivity contribution in [2.45, 2.75) is 26.3 Å². The molecule has 0 saturated heterocycles. The van der Waals surface area contributed by atoms with Gasteiger partial charge < -0.3 is 5.32 Å². The molecule has 1 N–H and O–H groups in total. The molecule has 1 amide bonds. The molecule has 86 valence electrons. The van der Waals surface area contributed by atoms with E-state index in [1.54, 1.807) is 19.1 Å². The molecular formula is C12H14FNO2. The first kappa shape index (κ1) is 12.4. The van der Waals surface area contributed by atoms with E-state index in [1.165, 1.54) is 19.1 Å². The van der Waals surface area contributed by atoms with Gasteiger partial charge in [0.1, 0.15) is 5.82 Å². The zero-order valence-corrected chi connectivity index (χ0v) is 9.29. The summed E-state index contributed by atoms with van der Waals surface area (Å²) in [4.78, 5) is 22.4. The molecule has 0 aliphatic heterocycles. The number of amides is 1. The van der Waals surface area contributed by atoms with Gasteiger partial charge in [0.05, 0.1) is 12.5 Å². The summed E-state index contributed by atoms with van der Waals surface area (Å²) >= 11 is 0. The number of halogens is 1. The SMILES string of the molecule is CC(=O)C(C)NC(=O)Cc1ccc(F)cc1. The van der Waals surface area contributed by atoms with E-state index in [0.717, 1.165) is 5.56 Å². The zero-order chi connectivity index (χ0) is 12.1. The number of carbonyl (C=O) groups excluding carboxylic acids is 2. The Bertz CT molecular complexity index is 387. The molecule has 0 aliphatic rings. The summed E-state index contributed by atoms with van der Waals surface area (Å²) in [5.74, 6) is -0.664. The summed E-state index contributed by atoms with van der Waals surface area (Å²) in [6.45, 7) is 3.05. The molecule has 16 heavy (non-hydrogen) atoms. The van der Waals surface area contributed by atoms with Crippen LogP contribution in [0.1, 0.15) is 19.4 Å². The average Bonchev–Trinajstić information content (AvgIpc) is 2.21. The molecule has 0 heterocycles. The second kappa shape index (κ2) is 5.39. The highest BCUT2D eigenvalue weighted by Crippen LogP contribution is 2.03. The van der Waals surface area contributed by atoms with E-state index in [1.807, 2.05) is 0 Å². The third kappa shape index (κ3) is 3.81. The fraction of sp³-hybridized carbons (Fsp3) is 0.333. The molecule has 0 aliphatic carbocycles. The van der Waals surface area contributed by atoms with E-state index in [9.17, 15) is 14.0 Å². The second-order valence-electron chi connectivity index (χ2n) is 3.70. The van der Waals surface area contributed by atoms with Gasteiger partial charge >= 0.3 is 0 Å². The third-order valence-electron chi connectivity index (χ3n) is 2.27. The monoisotopic (exact) mass is 223 g/mol. The number of carbonyl (C=O) groups is 2. The van der Waals surface area contributed by atoms with Crippen LogP contribution in [0, 0.1) is 5.82 Å². The van der Waals surface area contributed by atoms with E-state index in [-0.39, 0.29) is 23.9 Å². The van der Waals surface area contributed by atoms with Crippen LogP contribution in [-0.4, -0.2) is 17.7 Å². The minimum Gasteiger partial charge on any atom is -0.346 e. The molecular weight excluding hydrogens is 209 g/mol. The number of hydrogen-bond donors (Lipinski definition) is 1. The van der Waals surface area contributed by atoms with Gasteiger partial charge in [-0.05, 0) is 31.5 Å². The Balaban J connectivity index is 2.52. The molecule has 1 aromatic carbocycles. The van der Waals surface area contributed by atoms with Crippen molar-refractivity contribution in [1.82, 2.24) is 5.32 Å². The lowest BCUT2D eigenvalue weighted by atomic mass is 10.1. The Kier molecular flexibility index (Phi) is 4.17. The average molecular weight is 223 g/mol. The lowest BCUT2D eigenvalue weighted by Crippen LogP contribution is -2.38. The molecule has 1 aromatic rings. The van der Waals surface area contributed by atoms with Gasteiger partial charge in [0, 0.05) is 0 Å². The topological polar surface area (TPSA) is 46.2 Å². The standard InChI is InChI=1S/C12H14FNO2/c1-8(9(2)15)14-12(16)7-10-3-5-11(13)6-4-10/h3-6,8H,7H2,1-2H3,(H,14,16). The molecule has 0 aromatic heterocycles. The Hall–Kier alpha value is -1.71. The molecule has 0 spiro atoms. The molecule has 1 rings (SSSR count). The van der Waals surface area contributed by atoms with Crippen LogP contribution in [0.5, 0.6) is 0 Å². The van der Waals surface area contributed by atoms with E-state index in [4.69, 9.17) is 0 Å². The van der Waals surface area contributed by atoms with Crippen molar-refractivity contribution >= 4 is 11.7 Å². The second-order valence-corrected chi connectivity index (χ2v) is 3.70. The van der Waals surface area contributed by atoms with Gasteiger partial charge in [-0.3, -0.25) is 9.59 Å². The van der Waals surface area contributed by atoms with Crippen molar-refractivity contribution in [2.24, 2.45) is 0 Å². The fourth-order valence-corrected chi connectivity index (χ4v) is 1.18. The van der Waals surface area contributed by atoms with Crippen molar-refractivity contribution in [2.75, 3.05) is 0 Å². The lowest BCUT2D eigenvalue weighted by Gasteiger charge is -2.10. The van der Waals surface area contributed by atoms with Crippen LogP contribution in [0.4, 0.5) is 4.39 Å². The molecule has 0 bridgehead atoms. The number of benzene rings is 1. The van der Waals surface area contributed by atoms with Gasteiger partial charge in [-0.25, -0.2) is 4.39 Å². The minimum atomic E-state index is -0.479. The van der Waals surface area contributed by atoms with Gasteiger partial charge in [-0.15, -0.1) is 0 Å². The summed E-state index contributed by atoms with van der Waals surface area (Å²) < 4.78 is 12.6. The number of ketones is 1. The Morgan fingerprint density at radius 3 is 2.38 bits per heavy atom. The molecule has 1 atom stereocenters. The molecule has 1 unspecified atom stereocenters. The van der Waals surface area contributed by atoms with Crippen molar-refractivity contribution in [3.8, 4) is 0 Å². The summed E-state index contributed by atoms with van der Waals surface area (Å²) in [6, 6.07) is 5.22. The number of Topliss-reactive ketones (excluding diaryl/α,β-unsaturated/α-hetero) is 1. The van der Waals surface area contributed by atoms with Crippen LogP contribution in [0.25, 0.3) is 0 Å². The highest BCUT2D eigenvalue weighted by Gasteiger charge is 2.11. The van der Waals surface area contributed by atoms with Crippen molar-refractivity contribution in [3.63, 3.8) is 0 Å². The predicted octanol–water partition coefficient (Wildman–Crippen LogP) is 1.46. The smallest absolute Gasteiger partial charge is 0.224 e. The largest absolute Gasteiger partial charge is 0.346 e. The van der Waals surface area contributed by atoms with Crippen molar-refractivity contribution < 1.29 is 14.0 Å². The van der Waals surface area contributed by atoms with Crippen LogP contribution in [0.3, 0.4) is 0 Å². The van der Waals surface area contributed by atoms with Crippen molar-refractivity contribution in [3.05, 3.63) is 35.6 Å². The quantitative estimate of drug-likeness (QED) is 0.840. The van der Waals surface area contributed by atoms with Crippen LogP contribution in [-0.2, 0) is 16.0 Å². The minimum absolute atomic E-state index is 0.0903. The van der Waals surface area contributed by atoms with Crippen LogP contribution < -0.4 is 5.32 Å². The number of nitrogens with one attached hydrogen (secondary N) is 1. The Labute approximate surface area is 93.7 Å². The van der Waals surface area contributed by atoms with Gasteiger partial charge in [-0.2, -0.15) is 0 Å². The normalized spacial score (nSPS) is 11.9. The van der Waals surface area contributed by atoms with Gasteiger partial charge in [-0.1, -0.05) is 12.1 Å². The number of rotatable bonds is 4. The number of hydrogen-bond acceptors (Lipinski definition) is 2. The fourth-order valence-electron chi connectivity index (χ4n) is 1.18. The van der Waals surface area contributed by atoms with Gasteiger partial charge in [0.25, 0.3) is 0 Å². The van der Waals surface area contributed by atoms with E-state index < -0.39 is 6.04 Å². The first-order chi connectivity index (χ1) is 7.49. The summed E-state index contributed by atoms with van der Waals surface area (Å²) in [5, 5.41) is 2.56. The summed E-state index contributed by atoms with van der Waals surface area (Å²) in [5.41, 5.74) is 0.717. The van der Waals surface area contributed by atoms with E-state index in [2.05, 4.69) is 5.32 Å². The van der Waals surface area contributed by atoms with Crippen molar-refractivity contribution in [1.29, 1.82) is 0 Å². The van der Waals surface area contributed by atoms with Gasteiger partial charge in [0.15, 0.2) is 5.78 Å².